The molecule has 0 bridgehead atoms. The average Bonchev–Trinajstić information content (AvgIpc) is 3.10. The van der Waals surface area contributed by atoms with Gasteiger partial charge in [-0.1, -0.05) is 39.0 Å². The number of benzene rings is 1. The fourth-order valence-electron chi connectivity index (χ4n) is 2.94. The zero-order chi connectivity index (χ0) is 17.9. The molecule has 2 aromatic rings. The lowest BCUT2D eigenvalue weighted by Crippen LogP contribution is -2.39. The minimum Gasteiger partial charge on any atom is -0.360 e. The standard InChI is InChI=1S/C19H26N4OS/c1-19(2,3)17-21-18(25-22-17)20-13-14-9-11-23(12-10-14)16(24)15-7-5-4-6-8-15/h4-8,14H,9-13H2,1-3H3,(H,20,21,22). The Balaban J connectivity index is 1.47. The summed E-state index contributed by atoms with van der Waals surface area (Å²) in [5, 5.41) is 4.32. The van der Waals surface area contributed by atoms with E-state index in [9.17, 15) is 4.79 Å². The third kappa shape index (κ3) is 4.57. The third-order valence-corrected chi connectivity index (χ3v) is 5.23. The van der Waals surface area contributed by atoms with Gasteiger partial charge >= 0.3 is 0 Å². The normalized spacial score (nSPS) is 16.0. The van der Waals surface area contributed by atoms with Crippen LogP contribution in [0.2, 0.25) is 0 Å². The van der Waals surface area contributed by atoms with Gasteiger partial charge in [-0.2, -0.15) is 4.37 Å². The molecule has 6 heteroatoms. The lowest BCUT2D eigenvalue weighted by molar-refractivity contribution is 0.0695. The number of rotatable bonds is 4. The van der Waals surface area contributed by atoms with Crippen LogP contribution in [-0.2, 0) is 5.41 Å². The summed E-state index contributed by atoms with van der Waals surface area (Å²) in [5.41, 5.74) is 0.766. The van der Waals surface area contributed by atoms with Crippen molar-refractivity contribution in [2.45, 2.75) is 39.0 Å². The van der Waals surface area contributed by atoms with Gasteiger partial charge in [0.05, 0.1) is 0 Å². The van der Waals surface area contributed by atoms with Crippen molar-refractivity contribution in [1.82, 2.24) is 14.3 Å². The van der Waals surface area contributed by atoms with E-state index in [2.05, 4.69) is 35.4 Å². The van der Waals surface area contributed by atoms with E-state index in [0.717, 1.165) is 49.0 Å². The van der Waals surface area contributed by atoms with Crippen LogP contribution < -0.4 is 5.32 Å². The number of hydrogen-bond acceptors (Lipinski definition) is 5. The number of nitrogens with zero attached hydrogens (tertiary/aromatic N) is 3. The molecule has 3 rings (SSSR count). The number of aromatic nitrogens is 2. The Hall–Kier alpha value is -1.95. The SMILES string of the molecule is CC(C)(C)c1nsc(NCC2CCN(C(=O)c3ccccc3)CC2)n1. The zero-order valence-electron chi connectivity index (χ0n) is 15.2. The van der Waals surface area contributed by atoms with Crippen molar-refractivity contribution < 1.29 is 4.79 Å². The maximum Gasteiger partial charge on any atom is 0.253 e. The summed E-state index contributed by atoms with van der Waals surface area (Å²) >= 11 is 1.43. The number of nitrogens with one attached hydrogen (secondary N) is 1. The minimum absolute atomic E-state index is 0.0143. The van der Waals surface area contributed by atoms with Gasteiger partial charge < -0.3 is 10.2 Å². The Bertz CT molecular complexity index is 700. The van der Waals surface area contributed by atoms with Crippen LogP contribution in [0, 0.1) is 5.92 Å². The molecule has 0 radical (unpaired) electrons. The minimum atomic E-state index is -0.0143. The Kier molecular flexibility index (Phi) is 5.37. The second kappa shape index (κ2) is 7.52. The molecule has 0 aliphatic carbocycles. The molecule has 1 aliphatic heterocycles. The molecule has 1 N–H and O–H groups in total. The Morgan fingerprint density at radius 1 is 1.24 bits per heavy atom. The lowest BCUT2D eigenvalue weighted by Gasteiger charge is -2.32. The van der Waals surface area contributed by atoms with E-state index in [1.807, 2.05) is 35.2 Å². The lowest BCUT2D eigenvalue weighted by atomic mass is 9.96. The van der Waals surface area contributed by atoms with Gasteiger partial charge in [-0.05, 0) is 30.9 Å². The fraction of sp³-hybridized carbons (Fsp3) is 0.526. The van der Waals surface area contributed by atoms with Crippen LogP contribution in [0.15, 0.2) is 30.3 Å². The molecule has 1 aromatic heterocycles. The number of amides is 1. The first-order valence-corrected chi connectivity index (χ1v) is 9.63. The molecule has 5 nitrogen and oxygen atoms in total. The van der Waals surface area contributed by atoms with Crippen molar-refractivity contribution >= 4 is 22.6 Å². The molecule has 1 amide bonds. The molecular weight excluding hydrogens is 332 g/mol. The molecule has 0 saturated carbocycles. The predicted octanol–water partition coefficient (Wildman–Crippen LogP) is 3.80. The second-order valence-corrected chi connectivity index (χ2v) is 8.41. The van der Waals surface area contributed by atoms with E-state index < -0.39 is 0 Å². The van der Waals surface area contributed by atoms with Crippen LogP contribution in [0.4, 0.5) is 5.13 Å². The van der Waals surface area contributed by atoms with Crippen molar-refractivity contribution in [2.75, 3.05) is 25.0 Å². The first-order valence-electron chi connectivity index (χ1n) is 8.86. The van der Waals surface area contributed by atoms with Crippen LogP contribution in [0.25, 0.3) is 0 Å². The third-order valence-electron chi connectivity index (χ3n) is 4.56. The molecule has 1 aliphatic rings. The van der Waals surface area contributed by atoms with Gasteiger partial charge in [-0.15, -0.1) is 0 Å². The molecule has 134 valence electrons. The first-order chi connectivity index (χ1) is 11.9. The number of anilines is 1. The maximum absolute atomic E-state index is 12.5. The number of piperidine rings is 1. The predicted molar refractivity (Wildman–Crippen MR) is 102 cm³/mol. The van der Waals surface area contributed by atoms with Crippen molar-refractivity contribution in [2.24, 2.45) is 5.92 Å². The summed E-state index contributed by atoms with van der Waals surface area (Å²) in [6, 6.07) is 9.54. The van der Waals surface area contributed by atoms with E-state index in [1.54, 1.807) is 0 Å². The second-order valence-electron chi connectivity index (χ2n) is 7.66. The number of hydrogen-bond donors (Lipinski definition) is 1. The smallest absolute Gasteiger partial charge is 0.253 e. The quantitative estimate of drug-likeness (QED) is 0.903. The molecule has 0 spiro atoms. The summed E-state index contributed by atoms with van der Waals surface area (Å²) in [7, 11) is 0. The van der Waals surface area contributed by atoms with E-state index in [0.29, 0.717) is 5.92 Å². The fourth-order valence-corrected chi connectivity index (χ4v) is 3.70. The molecule has 1 aromatic carbocycles. The highest BCUT2D eigenvalue weighted by molar-refractivity contribution is 7.09. The highest BCUT2D eigenvalue weighted by atomic mass is 32.1. The van der Waals surface area contributed by atoms with Crippen LogP contribution in [-0.4, -0.2) is 39.8 Å². The van der Waals surface area contributed by atoms with Crippen LogP contribution in [0.5, 0.6) is 0 Å². The number of carbonyl (C=O) groups excluding carboxylic acids is 1. The van der Waals surface area contributed by atoms with E-state index in [4.69, 9.17) is 0 Å². The summed E-state index contributed by atoms with van der Waals surface area (Å²) in [4.78, 5) is 19.0. The van der Waals surface area contributed by atoms with E-state index in [-0.39, 0.29) is 11.3 Å². The van der Waals surface area contributed by atoms with E-state index >= 15 is 0 Å². The van der Waals surface area contributed by atoms with Crippen molar-refractivity contribution in [3.63, 3.8) is 0 Å². The van der Waals surface area contributed by atoms with Crippen LogP contribution in [0.1, 0.15) is 49.8 Å². The topological polar surface area (TPSA) is 58.1 Å². The van der Waals surface area contributed by atoms with Crippen molar-refractivity contribution in [1.29, 1.82) is 0 Å². The highest BCUT2D eigenvalue weighted by Crippen LogP contribution is 2.24. The average molecular weight is 359 g/mol. The molecule has 1 fully saturated rings. The van der Waals surface area contributed by atoms with Gasteiger partial charge in [-0.25, -0.2) is 4.98 Å². The van der Waals surface area contributed by atoms with Gasteiger partial charge in [0.25, 0.3) is 5.91 Å². The number of carbonyl (C=O) groups is 1. The van der Waals surface area contributed by atoms with Gasteiger partial charge in [0.2, 0.25) is 5.13 Å². The monoisotopic (exact) mass is 358 g/mol. The molecule has 0 atom stereocenters. The van der Waals surface area contributed by atoms with Crippen molar-refractivity contribution in [3.05, 3.63) is 41.7 Å². The molecule has 2 heterocycles. The molecule has 0 unspecified atom stereocenters. The zero-order valence-corrected chi connectivity index (χ0v) is 16.0. The van der Waals surface area contributed by atoms with Crippen LogP contribution in [0.3, 0.4) is 0 Å². The maximum atomic E-state index is 12.5. The molecule has 1 saturated heterocycles. The van der Waals surface area contributed by atoms with Gasteiger partial charge in [0, 0.05) is 42.1 Å². The molecule has 25 heavy (non-hydrogen) atoms. The van der Waals surface area contributed by atoms with Crippen molar-refractivity contribution in [3.8, 4) is 0 Å². The largest absolute Gasteiger partial charge is 0.360 e. The summed E-state index contributed by atoms with van der Waals surface area (Å²) in [6.45, 7) is 8.91. The first kappa shape index (κ1) is 17.9. The summed E-state index contributed by atoms with van der Waals surface area (Å²) < 4.78 is 4.44. The van der Waals surface area contributed by atoms with E-state index in [1.165, 1.54) is 11.5 Å². The molecular formula is C19H26N4OS. The summed E-state index contributed by atoms with van der Waals surface area (Å²) in [5.74, 6) is 1.61. The Morgan fingerprint density at radius 3 is 2.52 bits per heavy atom. The Labute approximate surface area is 153 Å². The van der Waals surface area contributed by atoms with Gasteiger partial charge in [-0.3, -0.25) is 4.79 Å². The number of likely N-dealkylation sites (tertiary alicyclic amines) is 1. The van der Waals surface area contributed by atoms with Gasteiger partial charge in [0.15, 0.2) is 0 Å². The summed E-state index contributed by atoms with van der Waals surface area (Å²) in [6.07, 6.45) is 2.05. The highest BCUT2D eigenvalue weighted by Gasteiger charge is 2.24. The Morgan fingerprint density at radius 2 is 1.92 bits per heavy atom. The van der Waals surface area contributed by atoms with Crippen LogP contribution >= 0.6 is 11.5 Å². The van der Waals surface area contributed by atoms with Gasteiger partial charge in [0.1, 0.15) is 5.82 Å².